The third-order valence-electron chi connectivity index (χ3n) is 4.82. The Morgan fingerprint density at radius 3 is 2.25 bits per heavy atom. The Labute approximate surface area is 118 Å². The quantitative estimate of drug-likeness (QED) is 0.926. The second-order valence-electron chi connectivity index (χ2n) is 5.83. The highest BCUT2D eigenvalue weighted by atomic mass is 32.2. The molecule has 4 nitrogen and oxygen atoms in total. The average molecular weight is 294 g/mol. The van der Waals surface area contributed by atoms with Crippen LogP contribution in [0.2, 0.25) is 0 Å². The molecule has 0 bridgehead atoms. The van der Waals surface area contributed by atoms with Crippen LogP contribution in [0.3, 0.4) is 0 Å². The zero-order valence-electron chi connectivity index (χ0n) is 11.2. The molecule has 2 aliphatic carbocycles. The molecule has 2 aliphatic rings. The summed E-state index contributed by atoms with van der Waals surface area (Å²) in [7, 11) is -3.39. The van der Waals surface area contributed by atoms with E-state index in [1.54, 1.807) is 24.3 Å². The van der Waals surface area contributed by atoms with Crippen LogP contribution in [0.25, 0.3) is 0 Å². The van der Waals surface area contributed by atoms with Crippen LogP contribution in [0.1, 0.15) is 44.1 Å². The van der Waals surface area contributed by atoms with Gasteiger partial charge in [0, 0.05) is 0 Å². The van der Waals surface area contributed by atoms with E-state index in [1.807, 2.05) is 0 Å². The fourth-order valence-electron chi connectivity index (χ4n) is 3.10. The molecule has 20 heavy (non-hydrogen) atoms. The van der Waals surface area contributed by atoms with Crippen molar-refractivity contribution in [3.63, 3.8) is 0 Å². The summed E-state index contributed by atoms with van der Waals surface area (Å²) in [6, 6.07) is 6.67. The molecule has 0 heterocycles. The number of rotatable bonds is 4. The Hall–Kier alpha value is -1.36. The number of hydrogen-bond donors (Lipinski definition) is 1. The summed E-state index contributed by atoms with van der Waals surface area (Å²) in [4.78, 5) is 11.9. The maximum Gasteiger partial charge on any atom is 0.314 e. The van der Waals surface area contributed by atoms with Crippen LogP contribution in [0.15, 0.2) is 29.2 Å². The standard InChI is InChI=1S/C15H18O4S/c16-14(17)15(9-4-10-15)12-7-1-2-8-13(12)20(18,19)11-5-3-6-11/h1-2,7-8,11H,3-6,9-10H2,(H,16,17). The van der Waals surface area contributed by atoms with Crippen molar-refractivity contribution in [2.45, 2.75) is 54.1 Å². The third-order valence-corrected chi connectivity index (χ3v) is 7.13. The topological polar surface area (TPSA) is 71.4 Å². The minimum absolute atomic E-state index is 0.242. The molecular formula is C15H18O4S. The predicted octanol–water partition coefficient (Wildman–Crippen LogP) is 2.52. The summed E-state index contributed by atoms with van der Waals surface area (Å²) in [5.74, 6) is -0.903. The first kappa shape index (κ1) is 13.6. The van der Waals surface area contributed by atoms with Gasteiger partial charge in [-0.05, 0) is 37.3 Å². The van der Waals surface area contributed by atoms with Gasteiger partial charge in [-0.25, -0.2) is 8.42 Å². The SMILES string of the molecule is O=C(O)C1(c2ccccc2S(=O)(=O)C2CCC2)CCC1. The highest BCUT2D eigenvalue weighted by Crippen LogP contribution is 2.47. The van der Waals surface area contributed by atoms with Crippen LogP contribution in [-0.4, -0.2) is 24.7 Å². The number of aliphatic carboxylic acids is 1. The third kappa shape index (κ3) is 1.79. The first-order valence-corrected chi connectivity index (χ1v) is 8.60. The fraction of sp³-hybridized carbons (Fsp3) is 0.533. The van der Waals surface area contributed by atoms with Gasteiger partial charge in [0.05, 0.1) is 15.6 Å². The van der Waals surface area contributed by atoms with Crippen LogP contribution in [-0.2, 0) is 20.0 Å². The van der Waals surface area contributed by atoms with Gasteiger partial charge in [0.25, 0.3) is 0 Å². The number of carboxylic acid groups (broad SMARTS) is 1. The van der Waals surface area contributed by atoms with Crippen molar-refractivity contribution in [3.8, 4) is 0 Å². The Morgan fingerprint density at radius 1 is 1.15 bits per heavy atom. The smallest absolute Gasteiger partial charge is 0.314 e. The van der Waals surface area contributed by atoms with Gasteiger partial charge in [-0.3, -0.25) is 4.79 Å². The van der Waals surface area contributed by atoms with Gasteiger partial charge in [-0.2, -0.15) is 0 Å². The Kier molecular flexibility index (Phi) is 3.12. The molecule has 0 amide bonds. The predicted molar refractivity (Wildman–Crippen MR) is 74.4 cm³/mol. The molecule has 5 heteroatoms. The number of carboxylic acids is 1. The van der Waals surface area contributed by atoms with Gasteiger partial charge in [0.15, 0.2) is 9.84 Å². The van der Waals surface area contributed by atoms with E-state index in [4.69, 9.17) is 0 Å². The summed E-state index contributed by atoms with van der Waals surface area (Å²) in [5, 5.41) is 9.22. The molecule has 2 fully saturated rings. The molecule has 3 rings (SSSR count). The van der Waals surface area contributed by atoms with Gasteiger partial charge >= 0.3 is 5.97 Å². The Bertz CT molecular complexity index is 640. The zero-order valence-corrected chi connectivity index (χ0v) is 12.0. The van der Waals surface area contributed by atoms with Crippen molar-refractivity contribution in [1.29, 1.82) is 0 Å². The van der Waals surface area contributed by atoms with E-state index in [0.29, 0.717) is 31.2 Å². The number of hydrogen-bond acceptors (Lipinski definition) is 3. The average Bonchev–Trinajstić information content (AvgIpc) is 2.24. The van der Waals surface area contributed by atoms with Crippen molar-refractivity contribution >= 4 is 15.8 Å². The molecule has 1 aromatic carbocycles. The van der Waals surface area contributed by atoms with Gasteiger partial charge < -0.3 is 5.11 Å². The molecule has 2 saturated carbocycles. The van der Waals surface area contributed by atoms with Crippen molar-refractivity contribution < 1.29 is 18.3 Å². The van der Waals surface area contributed by atoms with Crippen LogP contribution < -0.4 is 0 Å². The normalized spacial score (nSPS) is 21.8. The molecule has 1 aromatic rings. The minimum atomic E-state index is -3.39. The Balaban J connectivity index is 2.12. The maximum absolute atomic E-state index is 12.7. The molecule has 0 unspecified atom stereocenters. The van der Waals surface area contributed by atoms with E-state index in [2.05, 4.69) is 0 Å². The summed E-state index contributed by atoms with van der Waals surface area (Å²) >= 11 is 0. The van der Waals surface area contributed by atoms with Crippen LogP contribution in [0.4, 0.5) is 0 Å². The van der Waals surface area contributed by atoms with Gasteiger partial charge in [-0.15, -0.1) is 0 Å². The molecule has 1 N–H and O–H groups in total. The number of benzene rings is 1. The molecule has 0 aromatic heterocycles. The number of sulfone groups is 1. The highest BCUT2D eigenvalue weighted by molar-refractivity contribution is 7.92. The first-order chi connectivity index (χ1) is 9.48. The minimum Gasteiger partial charge on any atom is -0.481 e. The molecular weight excluding hydrogens is 276 g/mol. The molecule has 0 radical (unpaired) electrons. The maximum atomic E-state index is 12.7. The van der Waals surface area contributed by atoms with E-state index in [-0.39, 0.29) is 10.1 Å². The van der Waals surface area contributed by atoms with Crippen LogP contribution in [0.5, 0.6) is 0 Å². The summed E-state index contributed by atoms with van der Waals surface area (Å²) < 4.78 is 25.3. The highest BCUT2D eigenvalue weighted by Gasteiger charge is 2.49. The lowest BCUT2D eigenvalue weighted by atomic mass is 9.64. The summed E-state index contributed by atoms with van der Waals surface area (Å²) in [6.07, 6.45) is 4.22. The Morgan fingerprint density at radius 2 is 1.80 bits per heavy atom. The van der Waals surface area contributed by atoms with Crippen molar-refractivity contribution in [3.05, 3.63) is 29.8 Å². The molecule has 0 aliphatic heterocycles. The lowest BCUT2D eigenvalue weighted by molar-refractivity contribution is -0.147. The zero-order chi connectivity index (χ0) is 14.4. The first-order valence-electron chi connectivity index (χ1n) is 7.05. The lowest BCUT2D eigenvalue weighted by Gasteiger charge is -2.39. The summed E-state index contributed by atoms with van der Waals surface area (Å²) in [6.45, 7) is 0. The van der Waals surface area contributed by atoms with E-state index < -0.39 is 21.2 Å². The second-order valence-corrected chi connectivity index (χ2v) is 8.03. The van der Waals surface area contributed by atoms with Crippen molar-refractivity contribution in [2.75, 3.05) is 0 Å². The largest absolute Gasteiger partial charge is 0.481 e. The van der Waals surface area contributed by atoms with Gasteiger partial charge in [0.2, 0.25) is 0 Å². The number of carbonyl (C=O) groups is 1. The van der Waals surface area contributed by atoms with Gasteiger partial charge in [-0.1, -0.05) is 31.0 Å². The van der Waals surface area contributed by atoms with E-state index >= 15 is 0 Å². The van der Waals surface area contributed by atoms with E-state index in [0.717, 1.165) is 12.8 Å². The molecule has 108 valence electrons. The molecule has 0 atom stereocenters. The van der Waals surface area contributed by atoms with E-state index in [1.165, 1.54) is 0 Å². The van der Waals surface area contributed by atoms with Crippen molar-refractivity contribution in [2.24, 2.45) is 0 Å². The van der Waals surface area contributed by atoms with Crippen LogP contribution in [0, 0.1) is 0 Å². The monoisotopic (exact) mass is 294 g/mol. The lowest BCUT2D eigenvalue weighted by Crippen LogP contribution is -2.44. The molecule has 0 spiro atoms. The van der Waals surface area contributed by atoms with Gasteiger partial charge in [0.1, 0.15) is 0 Å². The summed E-state index contributed by atoms with van der Waals surface area (Å²) in [5.41, 5.74) is -0.501. The second kappa shape index (κ2) is 4.58. The molecule has 0 saturated heterocycles. The van der Waals surface area contributed by atoms with E-state index in [9.17, 15) is 18.3 Å². The van der Waals surface area contributed by atoms with Crippen molar-refractivity contribution in [1.82, 2.24) is 0 Å². The fourth-order valence-corrected chi connectivity index (χ4v) is 5.25. The van der Waals surface area contributed by atoms with Crippen LogP contribution >= 0.6 is 0 Å².